The Kier molecular flexibility index (Phi) is 4.65. The van der Waals surface area contributed by atoms with E-state index in [0.717, 1.165) is 5.56 Å². The minimum absolute atomic E-state index is 0.0242. The number of urea groups is 1. The van der Waals surface area contributed by atoms with Gasteiger partial charge in [0.1, 0.15) is 11.6 Å². The number of hydrogen-bond acceptors (Lipinski definition) is 3. The maximum atomic E-state index is 12.0. The topological polar surface area (TPSA) is 63.2 Å². The van der Waals surface area contributed by atoms with Gasteiger partial charge >= 0.3 is 12.6 Å². The molecule has 1 heterocycles. The van der Waals surface area contributed by atoms with E-state index in [2.05, 4.69) is 20.4 Å². The number of pyridine rings is 1. The molecular weight excluding hydrogens is 280 g/mol. The van der Waals surface area contributed by atoms with Crippen LogP contribution in [0.2, 0.25) is 0 Å². The highest BCUT2D eigenvalue weighted by Crippen LogP contribution is 2.17. The predicted octanol–water partition coefficient (Wildman–Crippen LogP) is 3.64. The van der Waals surface area contributed by atoms with Crippen LogP contribution in [0.25, 0.3) is 0 Å². The van der Waals surface area contributed by atoms with E-state index in [1.54, 1.807) is 12.3 Å². The fourth-order valence-corrected chi connectivity index (χ4v) is 1.54. The average molecular weight is 293 g/mol. The molecule has 0 aliphatic heterocycles. The van der Waals surface area contributed by atoms with Crippen molar-refractivity contribution in [3.8, 4) is 5.75 Å². The molecule has 0 atom stereocenters. The first-order valence-corrected chi connectivity index (χ1v) is 6.08. The average Bonchev–Trinajstić information content (AvgIpc) is 2.43. The number of nitrogens with zero attached hydrogens (tertiary/aromatic N) is 1. The fraction of sp³-hybridized carbons (Fsp3) is 0.143. The molecule has 5 nitrogen and oxygen atoms in total. The molecular formula is C14H13F2N3O2. The second-order valence-electron chi connectivity index (χ2n) is 4.20. The Labute approximate surface area is 120 Å². The molecule has 21 heavy (non-hydrogen) atoms. The molecule has 110 valence electrons. The number of anilines is 2. The summed E-state index contributed by atoms with van der Waals surface area (Å²) >= 11 is 0. The summed E-state index contributed by atoms with van der Waals surface area (Å²) in [6, 6.07) is 8.61. The standard InChI is InChI=1S/C14H13F2N3O2/c1-9-2-7-12(17-8-9)19-14(20)18-10-3-5-11(6-4-10)21-13(15)16/h2-8,13H,1H3,(H2,17,18,19,20). The molecule has 2 aromatic rings. The number of hydrogen-bond donors (Lipinski definition) is 2. The zero-order chi connectivity index (χ0) is 15.2. The first kappa shape index (κ1) is 14.7. The summed E-state index contributed by atoms with van der Waals surface area (Å²) < 4.78 is 28.2. The van der Waals surface area contributed by atoms with E-state index < -0.39 is 12.6 Å². The van der Waals surface area contributed by atoms with Gasteiger partial charge in [-0.15, -0.1) is 0 Å². The second-order valence-corrected chi connectivity index (χ2v) is 4.20. The summed E-state index contributed by atoms with van der Waals surface area (Å²) in [6.07, 6.45) is 1.63. The van der Waals surface area contributed by atoms with E-state index in [1.165, 1.54) is 24.3 Å². The summed E-state index contributed by atoms with van der Waals surface area (Å²) in [6.45, 7) is -0.986. The SMILES string of the molecule is Cc1ccc(NC(=O)Nc2ccc(OC(F)F)cc2)nc1. The van der Waals surface area contributed by atoms with Crippen LogP contribution in [0.1, 0.15) is 5.56 Å². The van der Waals surface area contributed by atoms with E-state index in [9.17, 15) is 13.6 Å². The molecule has 1 aromatic heterocycles. The van der Waals surface area contributed by atoms with Gasteiger partial charge in [0, 0.05) is 11.9 Å². The largest absolute Gasteiger partial charge is 0.435 e. The minimum atomic E-state index is -2.88. The first-order chi connectivity index (χ1) is 10.0. The number of amides is 2. The summed E-state index contributed by atoms with van der Waals surface area (Å²) in [5.41, 5.74) is 1.43. The van der Waals surface area contributed by atoms with Crippen LogP contribution in [0.3, 0.4) is 0 Å². The van der Waals surface area contributed by atoms with Gasteiger partial charge in [-0.25, -0.2) is 9.78 Å². The minimum Gasteiger partial charge on any atom is -0.435 e. The highest BCUT2D eigenvalue weighted by molar-refractivity contribution is 5.99. The lowest BCUT2D eigenvalue weighted by molar-refractivity contribution is -0.0498. The summed E-state index contributed by atoms with van der Waals surface area (Å²) in [5, 5.41) is 5.10. The van der Waals surface area contributed by atoms with Gasteiger partial charge in [-0.3, -0.25) is 5.32 Å². The van der Waals surface area contributed by atoms with E-state index in [1.807, 2.05) is 13.0 Å². The summed E-state index contributed by atoms with van der Waals surface area (Å²) in [7, 11) is 0. The quantitative estimate of drug-likeness (QED) is 0.904. The lowest BCUT2D eigenvalue weighted by Gasteiger charge is -2.08. The number of aryl methyl sites for hydroxylation is 1. The van der Waals surface area contributed by atoms with Crippen LogP contribution in [-0.4, -0.2) is 17.6 Å². The first-order valence-electron chi connectivity index (χ1n) is 6.08. The molecule has 0 saturated carbocycles. The van der Waals surface area contributed by atoms with Gasteiger partial charge in [0.25, 0.3) is 0 Å². The van der Waals surface area contributed by atoms with E-state index >= 15 is 0 Å². The van der Waals surface area contributed by atoms with Crippen molar-refractivity contribution in [1.29, 1.82) is 0 Å². The normalized spacial score (nSPS) is 10.3. The van der Waals surface area contributed by atoms with E-state index in [-0.39, 0.29) is 5.75 Å². The van der Waals surface area contributed by atoms with Crippen molar-refractivity contribution < 1.29 is 18.3 Å². The number of benzene rings is 1. The molecule has 0 aliphatic rings. The van der Waals surface area contributed by atoms with Gasteiger partial charge in [-0.2, -0.15) is 8.78 Å². The Morgan fingerprint density at radius 3 is 2.43 bits per heavy atom. The highest BCUT2D eigenvalue weighted by atomic mass is 19.3. The van der Waals surface area contributed by atoms with Crippen molar-refractivity contribution >= 4 is 17.5 Å². The molecule has 2 N–H and O–H groups in total. The monoisotopic (exact) mass is 293 g/mol. The molecule has 0 spiro atoms. The van der Waals surface area contributed by atoms with Gasteiger partial charge in [0.05, 0.1) is 0 Å². The maximum absolute atomic E-state index is 12.0. The van der Waals surface area contributed by atoms with Crippen molar-refractivity contribution in [2.45, 2.75) is 13.5 Å². The van der Waals surface area contributed by atoms with Gasteiger partial charge in [0.15, 0.2) is 0 Å². The number of nitrogens with one attached hydrogen (secondary N) is 2. The number of carbonyl (C=O) groups excluding carboxylic acids is 1. The Morgan fingerprint density at radius 1 is 1.14 bits per heavy atom. The predicted molar refractivity (Wildman–Crippen MR) is 74.7 cm³/mol. The van der Waals surface area contributed by atoms with Gasteiger partial charge < -0.3 is 10.1 Å². The maximum Gasteiger partial charge on any atom is 0.387 e. The van der Waals surface area contributed by atoms with Crippen LogP contribution in [0.15, 0.2) is 42.6 Å². The molecule has 7 heteroatoms. The van der Waals surface area contributed by atoms with Crippen molar-refractivity contribution in [2.24, 2.45) is 0 Å². The van der Waals surface area contributed by atoms with Crippen molar-refractivity contribution in [1.82, 2.24) is 4.98 Å². The lowest BCUT2D eigenvalue weighted by atomic mass is 10.3. The molecule has 1 aromatic carbocycles. The van der Waals surface area contributed by atoms with Crippen LogP contribution < -0.4 is 15.4 Å². The van der Waals surface area contributed by atoms with Gasteiger partial charge in [-0.05, 0) is 42.8 Å². The zero-order valence-corrected chi connectivity index (χ0v) is 11.1. The third-order valence-electron chi connectivity index (χ3n) is 2.49. The summed E-state index contributed by atoms with van der Waals surface area (Å²) in [5.74, 6) is 0.437. The van der Waals surface area contributed by atoms with Crippen LogP contribution in [-0.2, 0) is 0 Å². The number of ether oxygens (including phenoxy) is 1. The van der Waals surface area contributed by atoms with E-state index in [4.69, 9.17) is 0 Å². The number of rotatable bonds is 4. The van der Waals surface area contributed by atoms with Crippen LogP contribution >= 0.6 is 0 Å². The smallest absolute Gasteiger partial charge is 0.387 e. The van der Waals surface area contributed by atoms with Gasteiger partial charge in [0.2, 0.25) is 0 Å². The van der Waals surface area contributed by atoms with E-state index in [0.29, 0.717) is 11.5 Å². The number of aromatic nitrogens is 1. The van der Waals surface area contributed by atoms with Crippen LogP contribution in [0.5, 0.6) is 5.75 Å². The second kappa shape index (κ2) is 6.65. The van der Waals surface area contributed by atoms with Gasteiger partial charge in [-0.1, -0.05) is 6.07 Å². The molecule has 0 aliphatic carbocycles. The Morgan fingerprint density at radius 2 is 1.86 bits per heavy atom. The Balaban J connectivity index is 1.91. The molecule has 0 saturated heterocycles. The summed E-state index contributed by atoms with van der Waals surface area (Å²) in [4.78, 5) is 15.7. The Hall–Kier alpha value is -2.70. The number of halogens is 2. The zero-order valence-electron chi connectivity index (χ0n) is 11.1. The molecule has 2 rings (SSSR count). The van der Waals surface area contributed by atoms with Crippen LogP contribution in [0.4, 0.5) is 25.1 Å². The van der Waals surface area contributed by atoms with Crippen molar-refractivity contribution in [2.75, 3.05) is 10.6 Å². The van der Waals surface area contributed by atoms with Crippen molar-refractivity contribution in [3.05, 3.63) is 48.2 Å². The third kappa shape index (κ3) is 4.72. The molecule has 0 unspecified atom stereocenters. The molecule has 0 radical (unpaired) electrons. The number of alkyl halides is 2. The van der Waals surface area contributed by atoms with Crippen molar-refractivity contribution in [3.63, 3.8) is 0 Å². The van der Waals surface area contributed by atoms with Crippen LogP contribution in [0, 0.1) is 6.92 Å². The molecule has 2 amide bonds. The Bertz CT molecular complexity index is 601. The molecule has 0 fully saturated rings. The fourth-order valence-electron chi connectivity index (χ4n) is 1.54. The highest BCUT2D eigenvalue weighted by Gasteiger charge is 2.06. The number of carbonyl (C=O) groups is 1. The molecule has 0 bridgehead atoms. The third-order valence-corrected chi connectivity index (χ3v) is 2.49. The lowest BCUT2D eigenvalue weighted by Crippen LogP contribution is -2.20.